The number of ether oxygens (including phenoxy) is 1. The summed E-state index contributed by atoms with van der Waals surface area (Å²) in [4.78, 5) is 10.9. The third-order valence-electron chi connectivity index (χ3n) is 2.41. The molecule has 1 rings (SSSR count). The van der Waals surface area contributed by atoms with Gasteiger partial charge in [-0.05, 0) is 25.2 Å². The molecule has 0 saturated heterocycles. The molecule has 68 valence electrons. The van der Waals surface area contributed by atoms with E-state index < -0.39 is 0 Å². The van der Waals surface area contributed by atoms with Crippen LogP contribution < -0.4 is 0 Å². The van der Waals surface area contributed by atoms with Crippen LogP contribution in [0, 0.1) is 5.92 Å². The minimum atomic E-state index is -0.102. The van der Waals surface area contributed by atoms with E-state index in [4.69, 9.17) is 0 Å². The highest BCUT2D eigenvalue weighted by atomic mass is 16.5. The standard InChI is InChI=1S/C10H16O2/c1-8(7-10(11)12-2)9-5-3-4-6-9/h5,8H,3-4,6-7H2,1-2H3/t8-/m0/s1. The monoisotopic (exact) mass is 168 g/mol. The van der Waals surface area contributed by atoms with E-state index in [9.17, 15) is 4.79 Å². The molecule has 1 aliphatic carbocycles. The topological polar surface area (TPSA) is 26.3 Å². The summed E-state index contributed by atoms with van der Waals surface area (Å²) in [7, 11) is 1.44. The van der Waals surface area contributed by atoms with Crippen LogP contribution in [0.15, 0.2) is 11.6 Å². The molecule has 0 N–H and O–H groups in total. The normalized spacial score (nSPS) is 18.7. The summed E-state index contributed by atoms with van der Waals surface area (Å²) < 4.78 is 4.61. The predicted octanol–water partition coefficient (Wildman–Crippen LogP) is 2.30. The lowest BCUT2D eigenvalue weighted by Crippen LogP contribution is -2.08. The van der Waals surface area contributed by atoms with Crippen molar-refractivity contribution in [3.05, 3.63) is 11.6 Å². The molecule has 1 aliphatic rings. The van der Waals surface area contributed by atoms with Crippen LogP contribution in [0.25, 0.3) is 0 Å². The second-order valence-electron chi connectivity index (χ2n) is 3.35. The highest BCUT2D eigenvalue weighted by Crippen LogP contribution is 2.26. The van der Waals surface area contributed by atoms with Crippen LogP contribution >= 0.6 is 0 Å². The van der Waals surface area contributed by atoms with Crippen LogP contribution in [0.1, 0.15) is 32.6 Å². The maximum atomic E-state index is 10.9. The average molecular weight is 168 g/mol. The van der Waals surface area contributed by atoms with Crippen LogP contribution in [0.5, 0.6) is 0 Å². The molecule has 0 heterocycles. The van der Waals surface area contributed by atoms with Gasteiger partial charge in [-0.15, -0.1) is 0 Å². The van der Waals surface area contributed by atoms with Gasteiger partial charge >= 0.3 is 5.97 Å². The van der Waals surface area contributed by atoms with Gasteiger partial charge in [-0.2, -0.15) is 0 Å². The summed E-state index contributed by atoms with van der Waals surface area (Å²) in [6, 6.07) is 0. The number of esters is 1. The molecule has 0 fully saturated rings. The average Bonchev–Trinajstić information content (AvgIpc) is 2.56. The fourth-order valence-corrected chi connectivity index (χ4v) is 1.61. The van der Waals surface area contributed by atoms with E-state index >= 15 is 0 Å². The van der Waals surface area contributed by atoms with E-state index in [0.717, 1.165) is 6.42 Å². The molecular formula is C10H16O2. The van der Waals surface area contributed by atoms with Gasteiger partial charge < -0.3 is 4.74 Å². The van der Waals surface area contributed by atoms with E-state index in [1.54, 1.807) is 0 Å². The van der Waals surface area contributed by atoms with Crippen molar-refractivity contribution in [1.82, 2.24) is 0 Å². The Labute approximate surface area is 73.6 Å². The zero-order chi connectivity index (χ0) is 8.97. The van der Waals surface area contributed by atoms with Crippen LogP contribution in [-0.4, -0.2) is 13.1 Å². The van der Waals surface area contributed by atoms with E-state index in [1.807, 2.05) is 0 Å². The number of hydrogen-bond donors (Lipinski definition) is 0. The molecule has 2 nitrogen and oxygen atoms in total. The zero-order valence-electron chi connectivity index (χ0n) is 7.80. The number of methoxy groups -OCH3 is 1. The van der Waals surface area contributed by atoms with Gasteiger partial charge in [-0.1, -0.05) is 18.6 Å². The summed E-state index contributed by atoms with van der Waals surface area (Å²) in [6.07, 6.45) is 6.38. The van der Waals surface area contributed by atoms with Gasteiger partial charge in [-0.3, -0.25) is 4.79 Å². The first-order valence-corrected chi connectivity index (χ1v) is 4.49. The molecule has 12 heavy (non-hydrogen) atoms. The van der Waals surface area contributed by atoms with Crippen molar-refractivity contribution in [3.8, 4) is 0 Å². The maximum Gasteiger partial charge on any atom is 0.306 e. The van der Waals surface area contributed by atoms with Crippen LogP contribution in [0.3, 0.4) is 0 Å². The lowest BCUT2D eigenvalue weighted by Gasteiger charge is -2.10. The minimum Gasteiger partial charge on any atom is -0.469 e. The molecule has 0 aromatic carbocycles. The molecule has 0 aliphatic heterocycles. The molecule has 0 aromatic rings. The highest BCUT2D eigenvalue weighted by Gasteiger charge is 2.15. The Morgan fingerprint density at radius 1 is 1.75 bits per heavy atom. The van der Waals surface area contributed by atoms with Crippen LogP contribution in [0.2, 0.25) is 0 Å². The Hall–Kier alpha value is -0.790. The van der Waals surface area contributed by atoms with Gasteiger partial charge in [0.1, 0.15) is 0 Å². The second-order valence-corrected chi connectivity index (χ2v) is 3.35. The number of carbonyl (C=O) groups is 1. The Morgan fingerprint density at radius 3 is 3.00 bits per heavy atom. The zero-order valence-corrected chi connectivity index (χ0v) is 7.80. The van der Waals surface area contributed by atoms with Gasteiger partial charge in [0, 0.05) is 0 Å². The first-order chi connectivity index (χ1) is 5.74. The van der Waals surface area contributed by atoms with Crippen LogP contribution in [0.4, 0.5) is 0 Å². The fourth-order valence-electron chi connectivity index (χ4n) is 1.61. The van der Waals surface area contributed by atoms with Crippen molar-refractivity contribution in [2.45, 2.75) is 32.6 Å². The first-order valence-electron chi connectivity index (χ1n) is 4.49. The van der Waals surface area contributed by atoms with Crippen molar-refractivity contribution in [3.63, 3.8) is 0 Å². The molecule has 0 bridgehead atoms. The molecule has 0 spiro atoms. The first kappa shape index (κ1) is 9.30. The summed E-state index contributed by atoms with van der Waals surface area (Å²) in [6.45, 7) is 2.09. The van der Waals surface area contributed by atoms with Gasteiger partial charge in [0.05, 0.1) is 13.5 Å². The Balaban J connectivity index is 2.37. The Morgan fingerprint density at radius 2 is 2.50 bits per heavy atom. The molecule has 1 atom stereocenters. The minimum absolute atomic E-state index is 0.102. The van der Waals surface area contributed by atoms with Crippen molar-refractivity contribution in [1.29, 1.82) is 0 Å². The third-order valence-corrected chi connectivity index (χ3v) is 2.41. The van der Waals surface area contributed by atoms with E-state index in [-0.39, 0.29) is 5.97 Å². The molecular weight excluding hydrogens is 152 g/mol. The quantitative estimate of drug-likeness (QED) is 0.477. The predicted molar refractivity (Wildman–Crippen MR) is 47.7 cm³/mol. The van der Waals surface area contributed by atoms with Gasteiger partial charge in [-0.25, -0.2) is 0 Å². The highest BCUT2D eigenvalue weighted by molar-refractivity contribution is 5.69. The third kappa shape index (κ3) is 2.36. The summed E-state index contributed by atoms with van der Waals surface area (Å²) in [5, 5.41) is 0. The molecule has 0 saturated carbocycles. The molecule has 0 amide bonds. The number of rotatable bonds is 3. The number of allylic oxidation sites excluding steroid dienone is 2. The summed E-state index contributed by atoms with van der Waals surface area (Å²) in [5.41, 5.74) is 1.43. The summed E-state index contributed by atoms with van der Waals surface area (Å²) in [5.74, 6) is 0.273. The maximum absolute atomic E-state index is 10.9. The number of hydrogen-bond acceptors (Lipinski definition) is 2. The van der Waals surface area contributed by atoms with Crippen molar-refractivity contribution in [2.75, 3.05) is 7.11 Å². The molecule has 0 unspecified atom stereocenters. The van der Waals surface area contributed by atoms with Gasteiger partial charge in [0.2, 0.25) is 0 Å². The van der Waals surface area contributed by atoms with E-state index in [2.05, 4.69) is 17.7 Å². The molecule has 0 aromatic heterocycles. The Kier molecular flexibility index (Phi) is 3.32. The van der Waals surface area contributed by atoms with Crippen LogP contribution in [-0.2, 0) is 9.53 Å². The Bertz CT molecular complexity index is 194. The summed E-state index contributed by atoms with van der Waals surface area (Å²) >= 11 is 0. The smallest absolute Gasteiger partial charge is 0.306 e. The lowest BCUT2D eigenvalue weighted by molar-refractivity contribution is -0.141. The molecule has 0 radical (unpaired) electrons. The van der Waals surface area contributed by atoms with Gasteiger partial charge in [0.25, 0.3) is 0 Å². The number of carbonyl (C=O) groups excluding carboxylic acids is 1. The fraction of sp³-hybridized carbons (Fsp3) is 0.700. The van der Waals surface area contributed by atoms with Crippen molar-refractivity contribution >= 4 is 5.97 Å². The molecule has 2 heteroatoms. The van der Waals surface area contributed by atoms with E-state index in [0.29, 0.717) is 12.3 Å². The largest absolute Gasteiger partial charge is 0.469 e. The SMILES string of the molecule is COC(=O)C[C@H](C)C1=CCCC1. The second kappa shape index (κ2) is 4.29. The van der Waals surface area contributed by atoms with E-state index in [1.165, 1.54) is 25.5 Å². The lowest BCUT2D eigenvalue weighted by atomic mass is 9.97. The van der Waals surface area contributed by atoms with Gasteiger partial charge in [0.15, 0.2) is 0 Å². The van der Waals surface area contributed by atoms with Crippen molar-refractivity contribution < 1.29 is 9.53 Å². The van der Waals surface area contributed by atoms with Crippen molar-refractivity contribution in [2.24, 2.45) is 5.92 Å².